The lowest BCUT2D eigenvalue weighted by atomic mass is 9.94. The summed E-state index contributed by atoms with van der Waals surface area (Å²) in [6.45, 7) is 15.6. The molecule has 0 unspecified atom stereocenters. The molecule has 3 rings (SSSR count). The van der Waals surface area contributed by atoms with Crippen LogP contribution in [-0.4, -0.2) is 37.5 Å². The Hall–Kier alpha value is -1.72. The fourth-order valence-electron chi connectivity index (χ4n) is 4.64. The highest BCUT2D eigenvalue weighted by atomic mass is 28.4. The van der Waals surface area contributed by atoms with Gasteiger partial charge in [-0.2, -0.15) is 0 Å². The van der Waals surface area contributed by atoms with Crippen LogP contribution >= 0.6 is 0 Å². The number of aliphatic hydroxyl groups is 1. The van der Waals surface area contributed by atoms with E-state index in [-0.39, 0.29) is 17.1 Å². The minimum Gasteiger partial charge on any atom is -0.415 e. The maximum atomic E-state index is 11.0. The van der Waals surface area contributed by atoms with E-state index in [1.54, 1.807) is 0 Å². The number of hydrogen-bond donors (Lipinski definition) is 1. The van der Waals surface area contributed by atoms with E-state index in [2.05, 4.69) is 88.2 Å². The van der Waals surface area contributed by atoms with Gasteiger partial charge in [0.15, 0.2) is 8.32 Å². The molecule has 0 aromatic heterocycles. The van der Waals surface area contributed by atoms with E-state index in [0.29, 0.717) is 12.5 Å². The molecule has 1 heterocycles. The first-order valence-electron chi connectivity index (χ1n) is 12.5. The lowest BCUT2D eigenvalue weighted by molar-refractivity contribution is 0.0548. The first kappa shape index (κ1) is 25.9. The van der Waals surface area contributed by atoms with Gasteiger partial charge in [-0.25, -0.2) is 0 Å². The van der Waals surface area contributed by atoms with Crippen LogP contribution in [0.15, 0.2) is 72.8 Å². The third kappa shape index (κ3) is 6.24. The molecule has 3 atom stereocenters. The van der Waals surface area contributed by atoms with E-state index < -0.39 is 14.4 Å². The molecule has 2 aromatic rings. The lowest BCUT2D eigenvalue weighted by Gasteiger charge is -2.45. The second kappa shape index (κ2) is 11.1. The van der Waals surface area contributed by atoms with Crippen molar-refractivity contribution in [3.05, 3.63) is 83.9 Å². The molecule has 4 heteroatoms. The molecular formula is C29H43NO2Si. The predicted octanol–water partition coefficient (Wildman–Crippen LogP) is 7.14. The van der Waals surface area contributed by atoms with Gasteiger partial charge in [-0.15, -0.1) is 0 Å². The maximum Gasteiger partial charge on any atom is 0.192 e. The summed E-state index contributed by atoms with van der Waals surface area (Å²) in [4.78, 5) is 2.55. The van der Waals surface area contributed by atoms with Crippen molar-refractivity contribution in [1.29, 1.82) is 0 Å². The number of aliphatic hydroxyl groups excluding tert-OH is 1. The number of hydrogen-bond acceptors (Lipinski definition) is 3. The molecule has 0 bridgehead atoms. The van der Waals surface area contributed by atoms with Crippen LogP contribution in [0.3, 0.4) is 0 Å². The summed E-state index contributed by atoms with van der Waals surface area (Å²) < 4.78 is 6.87. The van der Waals surface area contributed by atoms with Gasteiger partial charge in [-0.05, 0) is 48.0 Å². The van der Waals surface area contributed by atoms with E-state index in [4.69, 9.17) is 4.43 Å². The van der Waals surface area contributed by atoms with Gasteiger partial charge in [0.1, 0.15) is 0 Å². The topological polar surface area (TPSA) is 32.7 Å². The van der Waals surface area contributed by atoms with Crippen molar-refractivity contribution < 1.29 is 9.53 Å². The van der Waals surface area contributed by atoms with Crippen molar-refractivity contribution >= 4 is 8.32 Å². The van der Waals surface area contributed by atoms with Crippen LogP contribution in [0, 0.1) is 5.92 Å². The Balaban J connectivity index is 1.84. The Morgan fingerprint density at radius 3 is 2.12 bits per heavy atom. The fourth-order valence-corrected chi connectivity index (χ4v) is 6.98. The van der Waals surface area contributed by atoms with Gasteiger partial charge in [0.2, 0.25) is 0 Å². The molecule has 1 aliphatic heterocycles. The zero-order valence-corrected chi connectivity index (χ0v) is 22.4. The van der Waals surface area contributed by atoms with Crippen LogP contribution < -0.4 is 0 Å². The third-order valence-electron chi connectivity index (χ3n) is 8.22. The van der Waals surface area contributed by atoms with E-state index in [1.165, 1.54) is 5.56 Å². The van der Waals surface area contributed by atoms with Crippen LogP contribution in [0.1, 0.15) is 63.8 Å². The summed E-state index contributed by atoms with van der Waals surface area (Å²) in [7, 11) is -1.95. The van der Waals surface area contributed by atoms with Crippen molar-refractivity contribution in [3.8, 4) is 0 Å². The fraction of sp³-hybridized carbons (Fsp3) is 0.517. The zero-order valence-electron chi connectivity index (χ0n) is 21.4. The molecule has 0 fully saturated rings. The molecule has 0 amide bonds. The Labute approximate surface area is 202 Å². The van der Waals surface area contributed by atoms with Crippen LogP contribution in [-0.2, 0) is 4.43 Å². The Morgan fingerprint density at radius 2 is 1.55 bits per heavy atom. The Kier molecular flexibility index (Phi) is 8.74. The molecule has 3 nitrogen and oxygen atoms in total. The SMILES string of the molecule is CC(C)C(C)(C)[Si](C)(C)OC[C@H](c1ccccc1)N1CC=CC[C@H]1C[C@@H](O)c1ccccc1. The lowest BCUT2D eigenvalue weighted by Crippen LogP contribution is -2.48. The summed E-state index contributed by atoms with van der Waals surface area (Å²) in [6.07, 6.45) is 5.74. The zero-order chi connectivity index (χ0) is 24.1. The van der Waals surface area contributed by atoms with Crippen LogP contribution in [0.2, 0.25) is 18.1 Å². The normalized spacial score (nSPS) is 19.6. The Morgan fingerprint density at radius 1 is 0.970 bits per heavy atom. The van der Waals surface area contributed by atoms with E-state index >= 15 is 0 Å². The maximum absolute atomic E-state index is 11.0. The molecule has 0 saturated carbocycles. The highest BCUT2D eigenvalue weighted by molar-refractivity contribution is 6.74. The molecule has 33 heavy (non-hydrogen) atoms. The van der Waals surface area contributed by atoms with E-state index in [1.807, 2.05) is 30.3 Å². The molecule has 0 aliphatic carbocycles. The van der Waals surface area contributed by atoms with Gasteiger partial charge in [0, 0.05) is 12.6 Å². The van der Waals surface area contributed by atoms with Crippen molar-refractivity contribution in [2.75, 3.05) is 13.2 Å². The molecule has 180 valence electrons. The van der Waals surface area contributed by atoms with Crippen LogP contribution in [0.5, 0.6) is 0 Å². The highest BCUT2D eigenvalue weighted by Crippen LogP contribution is 2.45. The molecule has 0 radical (unpaired) electrons. The quantitative estimate of drug-likeness (QED) is 0.299. The van der Waals surface area contributed by atoms with Gasteiger partial charge >= 0.3 is 0 Å². The van der Waals surface area contributed by atoms with Crippen LogP contribution in [0.25, 0.3) is 0 Å². The first-order chi connectivity index (χ1) is 15.6. The third-order valence-corrected chi connectivity index (χ3v) is 12.8. The molecular weight excluding hydrogens is 422 g/mol. The van der Waals surface area contributed by atoms with E-state index in [0.717, 1.165) is 24.9 Å². The number of benzene rings is 2. The molecule has 0 spiro atoms. The average Bonchev–Trinajstić information content (AvgIpc) is 2.81. The van der Waals surface area contributed by atoms with Crippen molar-refractivity contribution in [2.24, 2.45) is 5.92 Å². The predicted molar refractivity (Wildman–Crippen MR) is 142 cm³/mol. The smallest absolute Gasteiger partial charge is 0.192 e. The first-order valence-corrected chi connectivity index (χ1v) is 15.4. The van der Waals surface area contributed by atoms with E-state index in [9.17, 15) is 5.11 Å². The summed E-state index contributed by atoms with van der Waals surface area (Å²) >= 11 is 0. The standard InChI is InChI=1S/C29H43NO2Si/c1-23(2)29(3,4)33(5,6)32-22-27(24-15-9-7-10-16-24)30-20-14-13-19-26(30)21-28(31)25-17-11-8-12-18-25/h7-18,23,26-28,31H,19-22H2,1-6H3/t26-,27+,28+/m0/s1. The summed E-state index contributed by atoms with van der Waals surface area (Å²) in [5.74, 6) is 0.570. The monoisotopic (exact) mass is 465 g/mol. The second-order valence-corrected chi connectivity index (χ2v) is 15.4. The molecule has 1 N–H and O–H groups in total. The van der Waals surface area contributed by atoms with Gasteiger partial charge in [0.05, 0.1) is 18.8 Å². The minimum atomic E-state index is -1.95. The van der Waals surface area contributed by atoms with Crippen molar-refractivity contribution in [1.82, 2.24) is 4.90 Å². The molecule has 1 aliphatic rings. The summed E-state index contributed by atoms with van der Waals surface area (Å²) in [5.41, 5.74) is 2.28. The summed E-state index contributed by atoms with van der Waals surface area (Å²) in [6, 6.07) is 21.2. The van der Waals surface area contributed by atoms with Crippen molar-refractivity contribution in [3.63, 3.8) is 0 Å². The average molecular weight is 466 g/mol. The number of nitrogens with zero attached hydrogens (tertiary/aromatic N) is 1. The van der Waals surface area contributed by atoms with Gasteiger partial charge in [-0.1, -0.05) is 101 Å². The number of rotatable bonds is 10. The summed E-state index contributed by atoms with van der Waals surface area (Å²) in [5, 5.41) is 11.2. The van der Waals surface area contributed by atoms with Crippen LogP contribution in [0.4, 0.5) is 0 Å². The molecule has 2 aromatic carbocycles. The largest absolute Gasteiger partial charge is 0.415 e. The van der Waals surface area contributed by atoms with Gasteiger partial charge in [-0.3, -0.25) is 4.90 Å². The van der Waals surface area contributed by atoms with Crippen molar-refractivity contribution in [2.45, 2.75) is 76.9 Å². The minimum absolute atomic E-state index is 0.166. The highest BCUT2D eigenvalue weighted by Gasteiger charge is 2.44. The Bertz CT molecular complexity index is 879. The van der Waals surface area contributed by atoms with Gasteiger partial charge in [0.25, 0.3) is 0 Å². The second-order valence-electron chi connectivity index (χ2n) is 10.8. The molecule has 0 saturated heterocycles. The van der Waals surface area contributed by atoms with Gasteiger partial charge < -0.3 is 9.53 Å².